The number of amides is 1. The Morgan fingerprint density at radius 3 is 2.33 bits per heavy atom. The first-order valence-corrected chi connectivity index (χ1v) is 13.4. The molecule has 0 aromatic heterocycles. The van der Waals surface area contributed by atoms with Gasteiger partial charge in [0, 0.05) is 43.2 Å². The summed E-state index contributed by atoms with van der Waals surface area (Å²) < 4.78 is 50.9. The lowest BCUT2D eigenvalue weighted by atomic mass is 9.93. The van der Waals surface area contributed by atoms with Crippen LogP contribution < -0.4 is 5.32 Å². The van der Waals surface area contributed by atoms with Crippen molar-refractivity contribution in [3.8, 4) is 11.1 Å². The molecule has 1 N–H and O–H groups in total. The molecule has 1 aliphatic carbocycles. The van der Waals surface area contributed by atoms with Gasteiger partial charge in [0.25, 0.3) is 5.91 Å². The molecule has 3 aromatic rings. The van der Waals surface area contributed by atoms with Gasteiger partial charge in [-0.2, -0.15) is 13.2 Å². The maximum absolute atomic E-state index is 13.4. The van der Waals surface area contributed by atoms with Crippen LogP contribution >= 0.6 is 0 Å². The van der Waals surface area contributed by atoms with Crippen LogP contribution in [-0.4, -0.2) is 48.9 Å². The molecule has 0 saturated carbocycles. The number of nitrogens with one attached hydrogen (secondary N) is 1. The fourth-order valence-electron chi connectivity index (χ4n) is 6.21. The zero-order valence-corrected chi connectivity index (χ0v) is 21.8. The number of aryl methyl sites for hydroxylation is 1. The van der Waals surface area contributed by atoms with E-state index in [9.17, 15) is 18.0 Å². The molecule has 3 aromatic carbocycles. The van der Waals surface area contributed by atoms with Crippen molar-refractivity contribution in [1.29, 1.82) is 0 Å². The SMILES string of the molecule is Cc1cccc(C(=O)Nc2ccc3c(c2)CC(N2CCC4(CC2)OCCO4)C3)c1-c1ccc(C(F)(F)F)cc1. The number of benzene rings is 3. The van der Waals surface area contributed by atoms with Gasteiger partial charge in [-0.25, -0.2) is 0 Å². The van der Waals surface area contributed by atoms with Crippen LogP contribution in [0.2, 0.25) is 0 Å². The van der Waals surface area contributed by atoms with Crippen LogP contribution in [0.3, 0.4) is 0 Å². The highest BCUT2D eigenvalue weighted by molar-refractivity contribution is 6.09. The van der Waals surface area contributed by atoms with Crippen molar-refractivity contribution in [1.82, 2.24) is 4.90 Å². The summed E-state index contributed by atoms with van der Waals surface area (Å²) in [7, 11) is 0. The van der Waals surface area contributed by atoms with Gasteiger partial charge in [0.05, 0.1) is 18.8 Å². The Labute approximate surface area is 225 Å². The number of hydrogen-bond acceptors (Lipinski definition) is 4. The summed E-state index contributed by atoms with van der Waals surface area (Å²) in [6, 6.07) is 16.8. The van der Waals surface area contributed by atoms with Gasteiger partial charge in [0.15, 0.2) is 5.79 Å². The molecule has 2 heterocycles. The normalized spacial score (nSPS) is 20.8. The van der Waals surface area contributed by atoms with E-state index in [1.54, 1.807) is 12.1 Å². The Morgan fingerprint density at radius 1 is 0.949 bits per heavy atom. The molecule has 2 saturated heterocycles. The molecule has 39 heavy (non-hydrogen) atoms. The maximum atomic E-state index is 13.4. The lowest BCUT2D eigenvalue weighted by Gasteiger charge is -2.40. The number of piperidine rings is 1. The Hall–Kier alpha value is -3.20. The molecule has 8 heteroatoms. The Bertz CT molecular complexity index is 1370. The first-order valence-electron chi connectivity index (χ1n) is 13.4. The topological polar surface area (TPSA) is 50.8 Å². The summed E-state index contributed by atoms with van der Waals surface area (Å²) in [5.41, 5.74) is 4.97. The van der Waals surface area contributed by atoms with Crippen LogP contribution in [0.25, 0.3) is 11.1 Å². The highest BCUT2D eigenvalue weighted by Crippen LogP contribution is 2.36. The first kappa shape index (κ1) is 26.0. The molecule has 1 spiro atoms. The van der Waals surface area contributed by atoms with Crippen molar-refractivity contribution in [2.75, 3.05) is 31.6 Å². The molecule has 2 fully saturated rings. The molecule has 0 radical (unpaired) electrons. The Morgan fingerprint density at radius 2 is 1.64 bits per heavy atom. The number of alkyl halides is 3. The lowest BCUT2D eigenvalue weighted by Crippen LogP contribution is -2.49. The largest absolute Gasteiger partial charge is 0.416 e. The minimum Gasteiger partial charge on any atom is -0.347 e. The highest BCUT2D eigenvalue weighted by atomic mass is 19.4. The van der Waals surface area contributed by atoms with Crippen LogP contribution in [0.4, 0.5) is 18.9 Å². The summed E-state index contributed by atoms with van der Waals surface area (Å²) in [5.74, 6) is -0.671. The third-order valence-electron chi connectivity index (χ3n) is 8.28. The summed E-state index contributed by atoms with van der Waals surface area (Å²) in [4.78, 5) is 15.9. The number of halogens is 3. The summed E-state index contributed by atoms with van der Waals surface area (Å²) in [6.07, 6.45) is -0.729. The standard InChI is InChI=1S/C31H31F3N2O3/c1-20-3-2-4-27(28(20)21-5-8-24(9-6-21)31(32,33)34)29(37)35-25-10-7-22-18-26(19-23(22)17-25)36-13-11-30(12-14-36)38-15-16-39-30/h2-10,17,26H,11-16,18-19H2,1H3,(H,35,37). The third-order valence-corrected chi connectivity index (χ3v) is 8.28. The van der Waals surface area contributed by atoms with Gasteiger partial charge in [0.1, 0.15) is 0 Å². The molecule has 5 nitrogen and oxygen atoms in total. The number of fused-ring (bicyclic) bond motifs is 1. The van der Waals surface area contributed by atoms with Crippen molar-refractivity contribution in [3.63, 3.8) is 0 Å². The molecule has 1 unspecified atom stereocenters. The summed E-state index contributed by atoms with van der Waals surface area (Å²) >= 11 is 0. The molecule has 1 amide bonds. The van der Waals surface area contributed by atoms with Crippen LogP contribution in [0.15, 0.2) is 60.7 Å². The van der Waals surface area contributed by atoms with Crippen molar-refractivity contribution in [2.24, 2.45) is 0 Å². The van der Waals surface area contributed by atoms with E-state index in [4.69, 9.17) is 9.47 Å². The number of rotatable bonds is 4. The average molecular weight is 537 g/mol. The predicted molar refractivity (Wildman–Crippen MR) is 143 cm³/mol. The number of hydrogen-bond donors (Lipinski definition) is 1. The highest BCUT2D eigenvalue weighted by Gasteiger charge is 2.41. The minimum atomic E-state index is -4.41. The second-order valence-electron chi connectivity index (χ2n) is 10.7. The fourth-order valence-corrected chi connectivity index (χ4v) is 6.21. The molecular formula is C31H31F3N2O3. The second-order valence-corrected chi connectivity index (χ2v) is 10.7. The quantitative estimate of drug-likeness (QED) is 0.429. The Kier molecular flexibility index (Phi) is 6.73. The molecule has 2 aliphatic heterocycles. The lowest BCUT2D eigenvalue weighted by molar-refractivity contribution is -0.187. The van der Waals surface area contributed by atoms with Crippen molar-refractivity contribution >= 4 is 11.6 Å². The molecule has 1 atom stereocenters. The van der Waals surface area contributed by atoms with Gasteiger partial charge < -0.3 is 14.8 Å². The van der Waals surface area contributed by atoms with E-state index >= 15 is 0 Å². The van der Waals surface area contributed by atoms with Crippen molar-refractivity contribution in [2.45, 2.75) is 50.6 Å². The van der Waals surface area contributed by atoms with Gasteiger partial charge in [-0.3, -0.25) is 9.69 Å². The van der Waals surface area contributed by atoms with E-state index in [2.05, 4.69) is 22.3 Å². The van der Waals surface area contributed by atoms with Crippen molar-refractivity contribution in [3.05, 3.63) is 88.5 Å². The van der Waals surface area contributed by atoms with Gasteiger partial charge in [0.2, 0.25) is 0 Å². The number of nitrogens with zero attached hydrogens (tertiary/aromatic N) is 1. The van der Waals surface area contributed by atoms with Crippen molar-refractivity contribution < 1.29 is 27.4 Å². The van der Waals surface area contributed by atoms with Crippen LogP contribution in [0.5, 0.6) is 0 Å². The average Bonchev–Trinajstić information content (AvgIpc) is 3.55. The predicted octanol–water partition coefficient (Wildman–Crippen LogP) is 6.24. The Balaban J connectivity index is 1.16. The van der Waals surface area contributed by atoms with Gasteiger partial charge in [-0.05, 0) is 77.9 Å². The van der Waals surface area contributed by atoms with E-state index in [1.807, 2.05) is 19.1 Å². The first-order chi connectivity index (χ1) is 18.7. The molecular weight excluding hydrogens is 505 g/mol. The number of carbonyl (C=O) groups is 1. The molecule has 6 rings (SSSR count). The van der Waals surface area contributed by atoms with E-state index in [0.29, 0.717) is 41.6 Å². The van der Waals surface area contributed by atoms with E-state index in [1.165, 1.54) is 23.3 Å². The van der Waals surface area contributed by atoms with Crippen LogP contribution in [-0.2, 0) is 28.5 Å². The van der Waals surface area contributed by atoms with Gasteiger partial charge >= 0.3 is 6.18 Å². The summed E-state index contributed by atoms with van der Waals surface area (Å²) in [6.45, 7) is 5.10. The second kappa shape index (κ2) is 10.1. The van der Waals surface area contributed by atoms with E-state index < -0.39 is 11.7 Å². The number of carbonyl (C=O) groups excluding carboxylic acids is 1. The molecule has 3 aliphatic rings. The fraction of sp³-hybridized carbons (Fsp3) is 0.387. The van der Waals surface area contributed by atoms with E-state index in [0.717, 1.165) is 56.5 Å². The third kappa shape index (κ3) is 5.21. The van der Waals surface area contributed by atoms with Gasteiger partial charge in [-0.15, -0.1) is 0 Å². The number of ether oxygens (including phenoxy) is 2. The zero-order valence-electron chi connectivity index (χ0n) is 21.8. The number of anilines is 1. The summed E-state index contributed by atoms with van der Waals surface area (Å²) in [5, 5.41) is 3.02. The van der Waals surface area contributed by atoms with Crippen LogP contribution in [0.1, 0.15) is 45.5 Å². The molecule has 204 valence electrons. The number of likely N-dealkylation sites (tertiary alicyclic amines) is 1. The zero-order chi connectivity index (χ0) is 27.2. The van der Waals surface area contributed by atoms with Crippen LogP contribution in [0, 0.1) is 6.92 Å². The monoisotopic (exact) mass is 536 g/mol. The maximum Gasteiger partial charge on any atom is 0.416 e. The van der Waals surface area contributed by atoms with Gasteiger partial charge in [-0.1, -0.05) is 30.3 Å². The van der Waals surface area contributed by atoms with E-state index in [-0.39, 0.29) is 11.7 Å². The molecule has 0 bridgehead atoms. The smallest absolute Gasteiger partial charge is 0.347 e. The minimum absolute atomic E-state index is 0.291.